The summed E-state index contributed by atoms with van der Waals surface area (Å²) in [6.07, 6.45) is 2.42. The molecule has 11 nitrogen and oxygen atoms in total. The van der Waals surface area contributed by atoms with Crippen molar-refractivity contribution in [3.63, 3.8) is 0 Å². The Hall–Kier alpha value is -1.89. The summed E-state index contributed by atoms with van der Waals surface area (Å²) in [5.41, 5.74) is 11.1. The predicted molar refractivity (Wildman–Crippen MR) is 115 cm³/mol. The number of hydrogen-bond donors (Lipinski definition) is 7. The highest BCUT2D eigenvalue weighted by Gasteiger charge is 2.28. The van der Waals surface area contributed by atoms with E-state index in [9.17, 15) is 29.4 Å². The number of hydrogen-bond acceptors (Lipinski definition) is 8. The first-order chi connectivity index (χ1) is 14.0. The molecule has 0 spiro atoms. The van der Waals surface area contributed by atoms with E-state index in [2.05, 4.69) is 16.0 Å². The second-order valence-electron chi connectivity index (χ2n) is 7.02. The number of nitrogens with two attached hydrogens (primary N) is 2. The van der Waals surface area contributed by atoms with Gasteiger partial charge >= 0.3 is 5.97 Å². The zero-order valence-corrected chi connectivity index (χ0v) is 18.5. The molecule has 0 aromatic carbocycles. The van der Waals surface area contributed by atoms with E-state index in [0.717, 1.165) is 0 Å². The van der Waals surface area contributed by atoms with Gasteiger partial charge in [0.2, 0.25) is 17.7 Å². The van der Waals surface area contributed by atoms with E-state index in [0.29, 0.717) is 25.1 Å². The van der Waals surface area contributed by atoms with Gasteiger partial charge in [-0.25, -0.2) is 4.79 Å². The van der Waals surface area contributed by atoms with Crippen molar-refractivity contribution in [2.45, 2.75) is 69.8 Å². The first kappa shape index (κ1) is 28.1. The van der Waals surface area contributed by atoms with Crippen LogP contribution in [0, 0.1) is 0 Å². The molecule has 12 heteroatoms. The molecule has 0 aromatic rings. The molecule has 174 valence electrons. The minimum absolute atomic E-state index is 0.248. The number of amides is 3. The number of thioether (sulfide) groups is 1. The fourth-order valence-corrected chi connectivity index (χ4v) is 2.89. The lowest BCUT2D eigenvalue weighted by Crippen LogP contribution is -2.57. The molecule has 0 heterocycles. The van der Waals surface area contributed by atoms with Crippen molar-refractivity contribution in [2.75, 3.05) is 18.6 Å². The number of aliphatic hydroxyl groups excluding tert-OH is 1. The van der Waals surface area contributed by atoms with Crippen molar-refractivity contribution in [1.29, 1.82) is 0 Å². The number of aliphatic carboxylic acids is 1. The fourth-order valence-electron chi connectivity index (χ4n) is 2.42. The molecule has 3 amide bonds. The van der Waals surface area contributed by atoms with Gasteiger partial charge in [-0.05, 0) is 58.1 Å². The highest BCUT2D eigenvalue weighted by molar-refractivity contribution is 7.98. The molecule has 0 aliphatic carbocycles. The zero-order valence-electron chi connectivity index (χ0n) is 17.7. The Bertz CT molecular complexity index is 577. The average molecular weight is 450 g/mol. The second-order valence-corrected chi connectivity index (χ2v) is 8.01. The maximum Gasteiger partial charge on any atom is 0.326 e. The minimum Gasteiger partial charge on any atom is -0.480 e. The molecular weight excluding hydrogens is 414 g/mol. The largest absolute Gasteiger partial charge is 0.480 e. The molecule has 0 aliphatic rings. The van der Waals surface area contributed by atoms with Crippen LogP contribution in [0.4, 0.5) is 0 Å². The van der Waals surface area contributed by atoms with E-state index >= 15 is 0 Å². The molecule has 9 N–H and O–H groups in total. The molecule has 30 heavy (non-hydrogen) atoms. The van der Waals surface area contributed by atoms with E-state index in [1.54, 1.807) is 0 Å². The summed E-state index contributed by atoms with van der Waals surface area (Å²) in [6.45, 7) is 3.19. The Kier molecular flexibility index (Phi) is 14.0. The molecular formula is C18H35N5O6S. The van der Waals surface area contributed by atoms with Crippen molar-refractivity contribution in [2.24, 2.45) is 11.5 Å². The maximum absolute atomic E-state index is 12.6. The van der Waals surface area contributed by atoms with Gasteiger partial charge in [-0.1, -0.05) is 0 Å². The molecule has 0 rings (SSSR count). The Morgan fingerprint density at radius 3 is 2.03 bits per heavy atom. The van der Waals surface area contributed by atoms with Crippen LogP contribution >= 0.6 is 11.8 Å². The van der Waals surface area contributed by atoms with Crippen LogP contribution in [0.1, 0.15) is 39.5 Å². The van der Waals surface area contributed by atoms with Gasteiger partial charge in [0.25, 0.3) is 0 Å². The van der Waals surface area contributed by atoms with Crippen molar-refractivity contribution >= 4 is 35.5 Å². The summed E-state index contributed by atoms with van der Waals surface area (Å²) in [5.74, 6) is -2.56. The van der Waals surface area contributed by atoms with Gasteiger partial charge in [0, 0.05) is 0 Å². The minimum atomic E-state index is -1.21. The van der Waals surface area contributed by atoms with Gasteiger partial charge in [-0.3, -0.25) is 14.4 Å². The monoisotopic (exact) mass is 449 g/mol. The number of carboxylic acids is 1. The lowest BCUT2D eigenvalue weighted by molar-refractivity contribution is -0.142. The molecule has 5 unspecified atom stereocenters. The molecule has 0 aromatic heterocycles. The van der Waals surface area contributed by atoms with Crippen molar-refractivity contribution in [1.82, 2.24) is 16.0 Å². The van der Waals surface area contributed by atoms with E-state index in [1.807, 2.05) is 6.26 Å². The van der Waals surface area contributed by atoms with Crippen LogP contribution in [0.15, 0.2) is 0 Å². The quantitative estimate of drug-likeness (QED) is 0.140. The number of carbonyl (C=O) groups excluding carboxylic acids is 3. The van der Waals surface area contributed by atoms with Gasteiger partial charge in [-0.2, -0.15) is 11.8 Å². The SMILES string of the molecule is CSCCC(NC(=O)C(C)NC(=O)C(CCCCN)NC(=O)C(N)C(C)O)C(=O)O. The van der Waals surface area contributed by atoms with Gasteiger partial charge in [-0.15, -0.1) is 0 Å². The van der Waals surface area contributed by atoms with Gasteiger partial charge in [0.05, 0.1) is 6.10 Å². The molecule has 5 atom stereocenters. The predicted octanol–water partition coefficient (Wildman–Crippen LogP) is -1.86. The zero-order chi connectivity index (χ0) is 23.3. The number of rotatable bonds is 15. The normalized spacial score (nSPS) is 15.9. The van der Waals surface area contributed by atoms with Crippen molar-refractivity contribution < 1.29 is 29.4 Å². The summed E-state index contributed by atoms with van der Waals surface area (Å²) in [4.78, 5) is 48.3. The third kappa shape index (κ3) is 10.8. The van der Waals surface area contributed by atoms with Crippen LogP contribution in [-0.2, 0) is 19.2 Å². The molecule has 0 radical (unpaired) electrons. The summed E-state index contributed by atoms with van der Waals surface area (Å²) < 4.78 is 0. The number of nitrogens with one attached hydrogen (secondary N) is 3. The Balaban J connectivity index is 5.01. The summed E-state index contributed by atoms with van der Waals surface area (Å²) in [7, 11) is 0. The van der Waals surface area contributed by atoms with Crippen LogP contribution in [0.5, 0.6) is 0 Å². The molecule has 0 aliphatic heterocycles. The first-order valence-corrected chi connectivity index (χ1v) is 11.2. The van der Waals surface area contributed by atoms with Crippen molar-refractivity contribution in [3.8, 4) is 0 Å². The number of carbonyl (C=O) groups is 4. The van der Waals surface area contributed by atoms with Gasteiger partial charge < -0.3 is 37.6 Å². The van der Waals surface area contributed by atoms with Gasteiger partial charge in [0.1, 0.15) is 24.2 Å². The fraction of sp³-hybridized carbons (Fsp3) is 0.778. The number of aliphatic hydroxyl groups is 1. The Morgan fingerprint density at radius 2 is 1.53 bits per heavy atom. The summed E-state index contributed by atoms with van der Waals surface area (Å²) >= 11 is 1.46. The lowest BCUT2D eigenvalue weighted by atomic mass is 10.1. The lowest BCUT2D eigenvalue weighted by Gasteiger charge is -2.24. The van der Waals surface area contributed by atoms with Crippen LogP contribution in [0.25, 0.3) is 0 Å². The Morgan fingerprint density at radius 1 is 0.933 bits per heavy atom. The smallest absolute Gasteiger partial charge is 0.326 e. The van der Waals surface area contributed by atoms with E-state index in [-0.39, 0.29) is 12.8 Å². The Labute approximate surface area is 181 Å². The highest BCUT2D eigenvalue weighted by Crippen LogP contribution is 2.04. The topological polar surface area (TPSA) is 197 Å². The van der Waals surface area contributed by atoms with Crippen LogP contribution in [-0.4, -0.2) is 82.7 Å². The van der Waals surface area contributed by atoms with E-state index < -0.39 is 54.0 Å². The van der Waals surface area contributed by atoms with Gasteiger partial charge in [0.15, 0.2) is 0 Å². The molecule has 0 bridgehead atoms. The van der Waals surface area contributed by atoms with Crippen molar-refractivity contribution in [3.05, 3.63) is 0 Å². The van der Waals surface area contributed by atoms with Crippen LogP contribution < -0.4 is 27.4 Å². The maximum atomic E-state index is 12.6. The molecule has 0 saturated heterocycles. The van der Waals surface area contributed by atoms with E-state index in [4.69, 9.17) is 11.5 Å². The second kappa shape index (κ2) is 15.0. The van der Waals surface area contributed by atoms with Crippen LogP contribution in [0.3, 0.4) is 0 Å². The standard InChI is InChI=1S/C18H35N5O6S/c1-10(15(25)23-13(18(28)29)7-9-30-3)21-16(26)12(6-4-5-8-19)22-17(27)14(20)11(2)24/h10-14,24H,4-9,19-20H2,1-3H3,(H,21,26)(H,22,27)(H,23,25)(H,28,29). The van der Waals surface area contributed by atoms with Crippen LogP contribution in [0.2, 0.25) is 0 Å². The number of carboxylic acid groups (broad SMARTS) is 1. The summed E-state index contributed by atoms with van der Waals surface area (Å²) in [6, 6.07) is -4.26. The van der Waals surface area contributed by atoms with E-state index in [1.165, 1.54) is 25.6 Å². The summed E-state index contributed by atoms with van der Waals surface area (Å²) in [5, 5.41) is 26.0. The number of unbranched alkanes of at least 4 members (excludes halogenated alkanes) is 1. The third-order valence-corrected chi connectivity index (χ3v) is 5.02. The third-order valence-electron chi connectivity index (χ3n) is 4.38. The molecule has 0 saturated carbocycles. The highest BCUT2D eigenvalue weighted by atomic mass is 32.2. The molecule has 0 fully saturated rings. The first-order valence-electron chi connectivity index (χ1n) is 9.81. The average Bonchev–Trinajstić information content (AvgIpc) is 2.68.